The van der Waals surface area contributed by atoms with Gasteiger partial charge in [-0.15, -0.1) is 0 Å². The number of amidine groups is 1. The second kappa shape index (κ2) is 22.9. The van der Waals surface area contributed by atoms with E-state index in [1.54, 1.807) is 24.3 Å². The van der Waals surface area contributed by atoms with Crippen molar-refractivity contribution in [3.63, 3.8) is 0 Å². The third-order valence-electron chi connectivity index (χ3n) is 10.9. The van der Waals surface area contributed by atoms with E-state index in [0.29, 0.717) is 16.9 Å². The van der Waals surface area contributed by atoms with Crippen LogP contribution in [-0.4, -0.2) is 162 Å². The SMILES string of the molecule is N=C(/C(=C\Nc1ccc(C(=O)NCCOCCOCCNc2cccc3c2C(=O)N(C2CCC(=O)NC2=O)C3=O)cc1)NC(=O)c1coc(-c2ccnc(NCC(F)(F)F)c2)n1)N1CCN(CCO)C1=O. The lowest BCUT2D eigenvalue weighted by atomic mass is 10.0. The van der Waals surface area contributed by atoms with Gasteiger partial charge >= 0.3 is 12.2 Å². The number of hydrogen-bond donors (Lipinski definition) is 8. The standard InChI is InChI=1S/C45H47F3N12O11/c46-45(47,48)25-54-34-22-27(10-11-51-34)41-56-32(24-71-41)39(64)55-31(37(49)59-15-14-58(16-17-61)44(59)68)23-53-28-6-4-26(5-7-28)38(63)52-13-19-70-21-20-69-18-12-50-30-3-1-2-29-36(30)43(67)60(42(29)66)33-8-9-35(62)57-40(33)65/h1-7,10-11,22-24,33,49-50,53,61H,8-9,12-21,25H2,(H,51,54)(H,52,63)(H,55,64)(H,57,62,65)/b31-23+,49-37?. The van der Waals surface area contributed by atoms with Gasteiger partial charge in [0.2, 0.25) is 17.7 Å². The Balaban J connectivity index is 0.852. The van der Waals surface area contributed by atoms with E-state index >= 15 is 0 Å². The summed E-state index contributed by atoms with van der Waals surface area (Å²) >= 11 is 0. The Kier molecular flexibility index (Phi) is 16.3. The number of carbonyl (C=O) groups excluding carboxylic acids is 7. The molecule has 8 amide bonds. The number of halogens is 3. The number of pyridine rings is 1. The third kappa shape index (κ3) is 12.7. The van der Waals surface area contributed by atoms with Crippen molar-refractivity contribution < 1.29 is 65.7 Å². The van der Waals surface area contributed by atoms with E-state index in [9.17, 15) is 51.8 Å². The van der Waals surface area contributed by atoms with E-state index in [0.717, 1.165) is 16.1 Å². The molecule has 2 aromatic carbocycles. The number of anilines is 3. The van der Waals surface area contributed by atoms with Crippen molar-refractivity contribution in [2.24, 2.45) is 0 Å². The second-order valence-corrected chi connectivity index (χ2v) is 15.7. The van der Waals surface area contributed by atoms with Gasteiger partial charge in [0.15, 0.2) is 11.5 Å². The number of β-amino-alcohol motifs (C(OH)–C–C–N with tert-alkyl or cyclic N) is 1. The van der Waals surface area contributed by atoms with Crippen LogP contribution in [0, 0.1) is 5.41 Å². The first kappa shape index (κ1) is 50.6. The lowest BCUT2D eigenvalue weighted by Crippen LogP contribution is -2.54. The van der Waals surface area contributed by atoms with Crippen LogP contribution in [0.4, 0.5) is 35.2 Å². The number of nitrogens with zero attached hydrogens (tertiary/aromatic N) is 5. The molecule has 0 aliphatic carbocycles. The predicted octanol–water partition coefficient (Wildman–Crippen LogP) is 2.38. The number of hydrogen-bond acceptors (Lipinski definition) is 17. The minimum Gasteiger partial charge on any atom is -0.444 e. The highest BCUT2D eigenvalue weighted by Crippen LogP contribution is 2.32. The number of urea groups is 1. The van der Waals surface area contributed by atoms with Gasteiger partial charge in [0.1, 0.15) is 30.4 Å². The summed E-state index contributed by atoms with van der Waals surface area (Å²) in [6, 6.07) is 12.0. The van der Waals surface area contributed by atoms with Crippen LogP contribution < -0.4 is 31.9 Å². The van der Waals surface area contributed by atoms with Crippen molar-refractivity contribution in [3.05, 3.63) is 101 Å². The summed E-state index contributed by atoms with van der Waals surface area (Å²) < 4.78 is 54.7. The van der Waals surface area contributed by atoms with Crippen LogP contribution in [0.3, 0.4) is 0 Å². The number of piperidine rings is 1. The molecule has 7 rings (SSSR count). The van der Waals surface area contributed by atoms with Gasteiger partial charge in [-0.2, -0.15) is 13.2 Å². The molecule has 3 aliphatic rings. The van der Waals surface area contributed by atoms with Crippen molar-refractivity contribution >= 4 is 64.5 Å². The van der Waals surface area contributed by atoms with Gasteiger partial charge in [0.05, 0.1) is 44.2 Å². The van der Waals surface area contributed by atoms with Crippen molar-refractivity contribution in [1.82, 2.24) is 40.6 Å². The van der Waals surface area contributed by atoms with E-state index in [-0.39, 0.29) is 118 Å². The number of fused-ring (bicyclic) bond motifs is 1. The smallest absolute Gasteiger partial charge is 0.405 e. The Morgan fingerprint density at radius 1 is 0.944 bits per heavy atom. The van der Waals surface area contributed by atoms with Crippen LogP contribution in [-0.2, 0) is 19.1 Å². The maximum absolute atomic E-state index is 13.4. The molecule has 374 valence electrons. The number of imide groups is 2. The van der Waals surface area contributed by atoms with Gasteiger partial charge in [-0.3, -0.25) is 49.3 Å². The lowest BCUT2D eigenvalue weighted by molar-refractivity contribution is -0.136. The molecule has 2 aromatic heterocycles. The van der Waals surface area contributed by atoms with Crippen LogP contribution in [0.1, 0.15) is 54.4 Å². The highest BCUT2D eigenvalue weighted by Gasteiger charge is 2.45. The fourth-order valence-corrected chi connectivity index (χ4v) is 7.43. The van der Waals surface area contributed by atoms with Gasteiger partial charge in [-0.05, 0) is 55.0 Å². The zero-order chi connectivity index (χ0) is 50.7. The zero-order valence-electron chi connectivity index (χ0n) is 37.6. The molecule has 8 N–H and O–H groups in total. The summed E-state index contributed by atoms with van der Waals surface area (Å²) in [4.78, 5) is 101. The molecule has 4 aromatic rings. The molecule has 0 radical (unpaired) electrons. The Labute approximate surface area is 401 Å². The van der Waals surface area contributed by atoms with Crippen molar-refractivity contribution in [3.8, 4) is 11.5 Å². The topological polar surface area (TPSA) is 303 Å². The van der Waals surface area contributed by atoms with Crippen molar-refractivity contribution in [2.45, 2.75) is 25.1 Å². The van der Waals surface area contributed by atoms with E-state index in [2.05, 4.69) is 41.9 Å². The molecular formula is C45H47F3N12O11. The molecule has 23 nitrogen and oxygen atoms in total. The number of alkyl halides is 3. The van der Waals surface area contributed by atoms with Crippen LogP contribution in [0.15, 0.2) is 83.4 Å². The normalized spacial score (nSPS) is 16.0. The summed E-state index contributed by atoms with van der Waals surface area (Å²) in [5.74, 6) is -4.24. The molecule has 0 bridgehead atoms. The summed E-state index contributed by atoms with van der Waals surface area (Å²) in [6.45, 7) is -0.00112. The van der Waals surface area contributed by atoms with E-state index in [1.807, 2.05) is 0 Å². The Morgan fingerprint density at radius 2 is 1.70 bits per heavy atom. The van der Waals surface area contributed by atoms with E-state index < -0.39 is 66.1 Å². The third-order valence-corrected chi connectivity index (χ3v) is 10.9. The summed E-state index contributed by atoms with van der Waals surface area (Å²) in [5.41, 5.74) is 1.23. The molecule has 3 aliphatic heterocycles. The number of ether oxygens (including phenoxy) is 2. The van der Waals surface area contributed by atoms with Crippen molar-refractivity contribution in [2.75, 3.05) is 88.3 Å². The average molecular weight is 989 g/mol. The Morgan fingerprint density at radius 3 is 2.44 bits per heavy atom. The highest BCUT2D eigenvalue weighted by atomic mass is 19.4. The molecule has 5 heterocycles. The number of rotatable bonds is 22. The first-order valence-corrected chi connectivity index (χ1v) is 22.0. The minimum atomic E-state index is -4.49. The molecule has 2 saturated heterocycles. The Bertz CT molecular complexity index is 2710. The van der Waals surface area contributed by atoms with Gasteiger partial charge < -0.3 is 50.5 Å². The van der Waals surface area contributed by atoms with E-state index in [1.165, 1.54) is 47.6 Å². The first-order valence-electron chi connectivity index (χ1n) is 22.0. The molecule has 0 saturated carbocycles. The molecule has 0 spiro atoms. The molecule has 2 fully saturated rings. The number of aliphatic hydroxyl groups excluding tert-OH is 1. The van der Waals surface area contributed by atoms with Gasteiger partial charge in [-0.25, -0.2) is 14.8 Å². The number of nitrogens with one attached hydrogen (secondary N) is 7. The van der Waals surface area contributed by atoms with Crippen molar-refractivity contribution in [1.29, 1.82) is 5.41 Å². The largest absolute Gasteiger partial charge is 0.444 e. The lowest BCUT2D eigenvalue weighted by Gasteiger charge is -2.27. The van der Waals surface area contributed by atoms with Gasteiger partial charge in [0.25, 0.3) is 23.6 Å². The van der Waals surface area contributed by atoms with Crippen LogP contribution >= 0.6 is 0 Å². The van der Waals surface area contributed by atoms with Gasteiger partial charge in [-0.1, -0.05) is 6.07 Å². The monoisotopic (exact) mass is 988 g/mol. The number of oxazole rings is 1. The van der Waals surface area contributed by atoms with Crippen LogP contribution in [0.2, 0.25) is 0 Å². The number of aromatic nitrogens is 2. The summed E-state index contributed by atoms with van der Waals surface area (Å²) in [5, 5.41) is 33.9. The fourth-order valence-electron chi connectivity index (χ4n) is 7.43. The fraction of sp³-hybridized carbons (Fsp3) is 0.333. The molecule has 71 heavy (non-hydrogen) atoms. The predicted molar refractivity (Wildman–Crippen MR) is 244 cm³/mol. The first-order chi connectivity index (χ1) is 34.1. The maximum atomic E-state index is 13.4. The Hall–Kier alpha value is -8.23. The minimum absolute atomic E-state index is 0.0162. The van der Waals surface area contributed by atoms with Crippen LogP contribution in [0.5, 0.6) is 0 Å². The molecule has 1 atom stereocenters. The number of aliphatic hydroxyl groups is 1. The molecule has 26 heteroatoms. The number of benzene rings is 2. The quantitative estimate of drug-likeness (QED) is 0.0243. The summed E-state index contributed by atoms with van der Waals surface area (Å²) in [7, 11) is 0. The maximum Gasteiger partial charge on any atom is 0.405 e. The number of amides is 8. The second-order valence-electron chi connectivity index (χ2n) is 15.7. The zero-order valence-corrected chi connectivity index (χ0v) is 37.6. The molecule has 1 unspecified atom stereocenters. The van der Waals surface area contributed by atoms with Crippen LogP contribution in [0.25, 0.3) is 11.5 Å². The highest BCUT2D eigenvalue weighted by molar-refractivity contribution is 6.25. The molecular weight excluding hydrogens is 942 g/mol. The average Bonchev–Trinajstić information content (AvgIpc) is 4.06. The number of carbonyl (C=O) groups is 7. The summed E-state index contributed by atoms with van der Waals surface area (Å²) in [6.07, 6.45) is -0.916. The van der Waals surface area contributed by atoms with E-state index in [4.69, 9.17) is 19.3 Å². The van der Waals surface area contributed by atoms with Gasteiger partial charge in [0, 0.05) is 74.0 Å².